The Bertz CT molecular complexity index is 266. The fourth-order valence-electron chi connectivity index (χ4n) is 0.803. The minimum Gasteiger partial charge on any atom is -0.449 e. The monoisotopic (exact) mass is 120 g/mol. The molecule has 0 unspecified atom stereocenters. The third-order valence-electron chi connectivity index (χ3n) is 1.31. The van der Waals surface area contributed by atoms with Gasteiger partial charge in [0.25, 0.3) is 0 Å². The molecule has 0 fully saturated rings. The predicted octanol–water partition coefficient (Wildman–Crippen LogP) is 1.60. The van der Waals surface area contributed by atoms with Crippen LogP contribution in [0.3, 0.4) is 0 Å². The van der Waals surface area contributed by atoms with Crippen LogP contribution in [0.15, 0.2) is 18.2 Å². The zero-order valence-electron chi connectivity index (χ0n) is 4.63. The molecule has 9 heavy (non-hydrogen) atoms. The van der Waals surface area contributed by atoms with Gasteiger partial charge in [0.2, 0.25) is 0 Å². The largest absolute Gasteiger partial charge is 0.449 e. The third kappa shape index (κ3) is 0.528. The number of fused-ring (bicyclic) bond motifs is 1. The lowest BCUT2D eigenvalue weighted by Gasteiger charge is -1.76. The number of hydrogen-bond acceptors (Lipinski definition) is 2. The number of ether oxygens (including phenoxy) is 1. The average molecular weight is 120 g/mol. The SMILES string of the molecule is O=Cc1cccc2c1O2. The van der Waals surface area contributed by atoms with E-state index in [1.165, 1.54) is 0 Å². The van der Waals surface area contributed by atoms with E-state index in [9.17, 15) is 4.79 Å². The second-order valence-electron chi connectivity index (χ2n) is 1.89. The van der Waals surface area contributed by atoms with E-state index in [2.05, 4.69) is 0 Å². The number of rotatable bonds is 1. The molecule has 0 atom stereocenters. The molecule has 0 aromatic heterocycles. The summed E-state index contributed by atoms with van der Waals surface area (Å²) in [7, 11) is 0. The van der Waals surface area contributed by atoms with E-state index in [1.54, 1.807) is 12.1 Å². The van der Waals surface area contributed by atoms with Crippen molar-refractivity contribution in [2.24, 2.45) is 0 Å². The molecule has 1 aliphatic rings. The summed E-state index contributed by atoms with van der Waals surface area (Å²) in [5, 5.41) is 0. The minimum absolute atomic E-state index is 0.646. The molecule has 0 aliphatic carbocycles. The highest BCUT2D eigenvalue weighted by atomic mass is 16.6. The van der Waals surface area contributed by atoms with Crippen LogP contribution in [-0.4, -0.2) is 6.29 Å². The van der Waals surface area contributed by atoms with Crippen molar-refractivity contribution < 1.29 is 9.53 Å². The van der Waals surface area contributed by atoms with E-state index in [1.807, 2.05) is 6.07 Å². The summed E-state index contributed by atoms with van der Waals surface area (Å²) in [5.74, 6) is 1.58. The Morgan fingerprint density at radius 3 is 3.00 bits per heavy atom. The maximum atomic E-state index is 10.2. The first-order chi connectivity index (χ1) is 4.42. The summed E-state index contributed by atoms with van der Waals surface area (Å²) in [6.45, 7) is 0. The molecule has 1 aromatic rings. The maximum Gasteiger partial charge on any atom is 0.180 e. The number of para-hydroxylation sites is 1. The minimum atomic E-state index is 0.646. The number of benzene rings is 1. The summed E-state index contributed by atoms with van der Waals surface area (Å²) < 4.78 is 4.93. The van der Waals surface area contributed by atoms with Crippen molar-refractivity contribution in [3.63, 3.8) is 0 Å². The average Bonchev–Trinajstić information content (AvgIpc) is 2.64. The Kier molecular flexibility index (Phi) is 0.681. The molecule has 0 saturated heterocycles. The number of aldehydes is 1. The Labute approximate surface area is 52.1 Å². The first-order valence-electron chi connectivity index (χ1n) is 2.68. The second-order valence-corrected chi connectivity index (χ2v) is 1.89. The fraction of sp³-hybridized carbons (Fsp3) is 0. The zero-order chi connectivity index (χ0) is 6.27. The smallest absolute Gasteiger partial charge is 0.180 e. The van der Waals surface area contributed by atoms with Gasteiger partial charge in [-0.2, -0.15) is 0 Å². The van der Waals surface area contributed by atoms with E-state index in [0.29, 0.717) is 5.56 Å². The fourth-order valence-corrected chi connectivity index (χ4v) is 0.803. The lowest BCUT2D eigenvalue weighted by molar-refractivity contribution is 0.112. The van der Waals surface area contributed by atoms with Crippen molar-refractivity contribution in [2.75, 3.05) is 0 Å². The van der Waals surface area contributed by atoms with Gasteiger partial charge in [0.15, 0.2) is 17.8 Å². The number of carbonyl (C=O) groups excluding carboxylic acids is 1. The van der Waals surface area contributed by atoms with Crippen LogP contribution in [-0.2, 0) is 0 Å². The molecule has 0 bridgehead atoms. The van der Waals surface area contributed by atoms with E-state index < -0.39 is 0 Å². The molecule has 1 aliphatic heterocycles. The Hall–Kier alpha value is -1.31. The van der Waals surface area contributed by atoms with Gasteiger partial charge in [-0.1, -0.05) is 6.07 Å². The van der Waals surface area contributed by atoms with Gasteiger partial charge in [-0.05, 0) is 12.1 Å². The molecule has 0 saturated carbocycles. The maximum absolute atomic E-state index is 10.2. The molecule has 2 nitrogen and oxygen atoms in total. The van der Waals surface area contributed by atoms with Crippen LogP contribution in [0.25, 0.3) is 0 Å². The summed E-state index contributed by atoms with van der Waals surface area (Å²) in [5.41, 5.74) is 0.646. The van der Waals surface area contributed by atoms with Gasteiger partial charge < -0.3 is 4.74 Å². The molecule has 2 heteroatoms. The molecule has 2 rings (SSSR count). The van der Waals surface area contributed by atoms with Gasteiger partial charge in [0.1, 0.15) is 0 Å². The van der Waals surface area contributed by atoms with Crippen molar-refractivity contribution in [2.45, 2.75) is 0 Å². The first kappa shape index (κ1) is 4.56. The van der Waals surface area contributed by atoms with Gasteiger partial charge in [0, 0.05) is 0 Å². The van der Waals surface area contributed by atoms with Crippen molar-refractivity contribution in [1.29, 1.82) is 0 Å². The van der Waals surface area contributed by atoms with E-state index in [-0.39, 0.29) is 0 Å². The van der Waals surface area contributed by atoms with Crippen LogP contribution in [0, 0.1) is 0 Å². The molecule has 0 N–H and O–H groups in total. The lowest BCUT2D eigenvalue weighted by Crippen LogP contribution is -1.69. The molecule has 0 spiro atoms. The quantitative estimate of drug-likeness (QED) is 0.422. The van der Waals surface area contributed by atoms with Crippen molar-refractivity contribution >= 4 is 6.29 Å². The molecule has 0 amide bonds. The topological polar surface area (TPSA) is 29.6 Å². The van der Waals surface area contributed by atoms with Gasteiger partial charge >= 0.3 is 0 Å². The van der Waals surface area contributed by atoms with Crippen LogP contribution in [0.1, 0.15) is 10.4 Å². The highest BCUT2D eigenvalue weighted by Gasteiger charge is 2.22. The molecule has 0 radical (unpaired) electrons. The highest BCUT2D eigenvalue weighted by molar-refractivity contribution is 5.84. The lowest BCUT2D eigenvalue weighted by atomic mass is 10.2. The predicted molar refractivity (Wildman–Crippen MR) is 31.9 cm³/mol. The molecule has 1 heterocycles. The van der Waals surface area contributed by atoms with E-state index >= 15 is 0 Å². The van der Waals surface area contributed by atoms with Gasteiger partial charge in [-0.15, -0.1) is 0 Å². The molecular weight excluding hydrogens is 116 g/mol. The van der Waals surface area contributed by atoms with E-state index in [0.717, 1.165) is 17.8 Å². The molecule has 1 aromatic carbocycles. The molecule has 44 valence electrons. The van der Waals surface area contributed by atoms with Crippen molar-refractivity contribution in [3.05, 3.63) is 23.8 Å². The molecular formula is C7H4O2. The Morgan fingerprint density at radius 2 is 2.33 bits per heavy atom. The third-order valence-corrected chi connectivity index (χ3v) is 1.31. The first-order valence-corrected chi connectivity index (χ1v) is 2.68. The van der Waals surface area contributed by atoms with Crippen LogP contribution < -0.4 is 4.74 Å². The van der Waals surface area contributed by atoms with E-state index in [4.69, 9.17) is 4.74 Å². The zero-order valence-corrected chi connectivity index (χ0v) is 4.63. The highest BCUT2D eigenvalue weighted by Crippen LogP contribution is 2.46. The van der Waals surface area contributed by atoms with Crippen molar-refractivity contribution in [1.82, 2.24) is 0 Å². The normalized spacial score (nSPS) is 11.6. The Balaban J connectivity index is 2.62. The van der Waals surface area contributed by atoms with Gasteiger partial charge in [0.05, 0.1) is 5.56 Å². The summed E-state index contributed by atoms with van der Waals surface area (Å²) in [6.07, 6.45) is 0.797. The van der Waals surface area contributed by atoms with Crippen LogP contribution in [0.4, 0.5) is 0 Å². The van der Waals surface area contributed by atoms with Crippen LogP contribution in [0.5, 0.6) is 11.5 Å². The van der Waals surface area contributed by atoms with Gasteiger partial charge in [-0.25, -0.2) is 0 Å². The van der Waals surface area contributed by atoms with Crippen LogP contribution in [0.2, 0.25) is 0 Å². The van der Waals surface area contributed by atoms with Crippen molar-refractivity contribution in [3.8, 4) is 11.5 Å². The summed E-state index contributed by atoms with van der Waals surface area (Å²) in [4.78, 5) is 10.2. The number of carbonyl (C=O) groups is 1. The Morgan fingerprint density at radius 1 is 1.44 bits per heavy atom. The number of hydrogen-bond donors (Lipinski definition) is 0. The summed E-state index contributed by atoms with van der Waals surface area (Å²) >= 11 is 0. The standard InChI is InChI=1S/C7H4O2/c8-4-5-2-1-3-6-7(5)9-6/h1-4H. The van der Waals surface area contributed by atoms with Gasteiger partial charge in [-0.3, -0.25) is 4.79 Å². The summed E-state index contributed by atoms with van der Waals surface area (Å²) in [6, 6.07) is 5.37. The van der Waals surface area contributed by atoms with Crippen LogP contribution >= 0.6 is 0 Å². The second kappa shape index (κ2) is 1.35.